The number of hydrogen-bond acceptors (Lipinski definition) is 9. The van der Waals surface area contributed by atoms with Crippen molar-refractivity contribution in [3.63, 3.8) is 0 Å². The van der Waals surface area contributed by atoms with Gasteiger partial charge in [-0.05, 0) is 36.6 Å². The third kappa shape index (κ3) is 6.60. The Bertz CT molecular complexity index is 1170. The smallest absolute Gasteiger partial charge is 0.341 e. The molecule has 1 unspecified atom stereocenters. The highest BCUT2D eigenvalue weighted by molar-refractivity contribution is 7.87. The maximum absolute atomic E-state index is 12.3. The van der Waals surface area contributed by atoms with Gasteiger partial charge in [-0.3, -0.25) is 15.0 Å². The molecular formula is C22H27N5O6S. The van der Waals surface area contributed by atoms with E-state index in [4.69, 9.17) is 21.7 Å². The number of nitrogens with two attached hydrogens (primary N) is 2. The number of rotatable bonds is 9. The van der Waals surface area contributed by atoms with Gasteiger partial charge in [0.2, 0.25) is 5.91 Å². The van der Waals surface area contributed by atoms with Gasteiger partial charge in [0, 0.05) is 12.1 Å². The van der Waals surface area contributed by atoms with Crippen molar-refractivity contribution in [1.29, 1.82) is 5.41 Å². The van der Waals surface area contributed by atoms with Crippen LogP contribution in [-0.2, 0) is 28.7 Å². The molecule has 0 bridgehead atoms. The predicted molar refractivity (Wildman–Crippen MR) is 123 cm³/mol. The van der Waals surface area contributed by atoms with Gasteiger partial charge in [0.05, 0.1) is 18.6 Å². The highest BCUT2D eigenvalue weighted by Crippen LogP contribution is 2.27. The minimum atomic E-state index is -4.31. The fourth-order valence-electron chi connectivity index (χ4n) is 3.34. The van der Waals surface area contributed by atoms with Gasteiger partial charge in [-0.25, -0.2) is 4.79 Å². The van der Waals surface area contributed by atoms with E-state index in [9.17, 15) is 18.0 Å². The van der Waals surface area contributed by atoms with Gasteiger partial charge < -0.3 is 21.0 Å². The Kier molecular flexibility index (Phi) is 7.99. The van der Waals surface area contributed by atoms with Crippen LogP contribution in [0, 0.1) is 12.3 Å². The van der Waals surface area contributed by atoms with Crippen LogP contribution in [0.4, 0.5) is 0 Å². The van der Waals surface area contributed by atoms with Crippen molar-refractivity contribution in [3.05, 3.63) is 65.2 Å². The number of hydroxylamine groups is 1. The summed E-state index contributed by atoms with van der Waals surface area (Å²) < 4.78 is 29.1. The molecule has 0 aliphatic carbocycles. The van der Waals surface area contributed by atoms with Crippen LogP contribution in [0.2, 0.25) is 0 Å². The lowest BCUT2D eigenvalue weighted by Crippen LogP contribution is -2.44. The van der Waals surface area contributed by atoms with Crippen molar-refractivity contribution in [2.75, 3.05) is 6.54 Å². The molecule has 2 aromatic carbocycles. The van der Waals surface area contributed by atoms with E-state index < -0.39 is 34.1 Å². The van der Waals surface area contributed by atoms with E-state index in [-0.39, 0.29) is 29.7 Å². The fourth-order valence-corrected chi connectivity index (χ4v) is 4.35. The Morgan fingerprint density at radius 1 is 1.26 bits per heavy atom. The summed E-state index contributed by atoms with van der Waals surface area (Å²) in [6.45, 7) is 1.41. The summed E-state index contributed by atoms with van der Waals surface area (Å²) in [7, 11) is -4.31. The second-order valence-electron chi connectivity index (χ2n) is 7.97. The Labute approximate surface area is 197 Å². The van der Waals surface area contributed by atoms with E-state index in [1.54, 1.807) is 25.1 Å². The quantitative estimate of drug-likeness (QED) is 0.188. The van der Waals surface area contributed by atoms with Crippen molar-refractivity contribution in [2.45, 2.75) is 42.8 Å². The zero-order valence-corrected chi connectivity index (χ0v) is 19.3. The Hall–Kier alpha value is -3.32. The normalized spacial score (nSPS) is 18.8. The van der Waals surface area contributed by atoms with E-state index >= 15 is 0 Å². The standard InChI is InChI=1S/C22H27N5O6S/c1-13-3-2-4-17(9-13)34(30,31)33-22(29)18(23)12-26-20(28)11-16-10-19(27-32-16)14-5-7-15(8-6-14)21(24)25/h2-9,16,18-19,27H,10-12,23H2,1H3,(H3,24,25)(H,26,28)/t16-,18?,19+/m1/s1. The summed E-state index contributed by atoms with van der Waals surface area (Å²) >= 11 is 0. The van der Waals surface area contributed by atoms with E-state index in [0.717, 1.165) is 5.56 Å². The molecule has 3 atom stereocenters. The van der Waals surface area contributed by atoms with Gasteiger partial charge in [-0.15, -0.1) is 0 Å². The van der Waals surface area contributed by atoms with Gasteiger partial charge in [0.1, 0.15) is 16.8 Å². The molecule has 1 saturated heterocycles. The molecule has 3 rings (SSSR count). The van der Waals surface area contributed by atoms with Crippen molar-refractivity contribution in [3.8, 4) is 0 Å². The number of nitrogens with one attached hydrogen (secondary N) is 3. The monoisotopic (exact) mass is 489 g/mol. The maximum atomic E-state index is 12.3. The maximum Gasteiger partial charge on any atom is 0.341 e. The second kappa shape index (κ2) is 10.7. The first kappa shape index (κ1) is 25.3. The van der Waals surface area contributed by atoms with Crippen LogP contribution in [0.25, 0.3) is 0 Å². The first-order valence-electron chi connectivity index (χ1n) is 10.5. The zero-order valence-electron chi connectivity index (χ0n) is 18.5. The van der Waals surface area contributed by atoms with Gasteiger partial charge in [0.15, 0.2) is 0 Å². The molecule has 1 aliphatic heterocycles. The summed E-state index contributed by atoms with van der Waals surface area (Å²) in [6.07, 6.45) is 0.121. The van der Waals surface area contributed by atoms with Crippen LogP contribution in [0.15, 0.2) is 53.4 Å². The predicted octanol–water partition coefficient (Wildman–Crippen LogP) is 0.379. The molecule has 0 aromatic heterocycles. The van der Waals surface area contributed by atoms with E-state index in [1.807, 2.05) is 12.1 Å². The number of amidine groups is 1. The molecule has 7 N–H and O–H groups in total. The van der Waals surface area contributed by atoms with Crippen LogP contribution in [0.3, 0.4) is 0 Å². The number of nitrogen functional groups attached to an aromatic ring is 1. The average Bonchev–Trinajstić information content (AvgIpc) is 3.25. The van der Waals surface area contributed by atoms with Crippen molar-refractivity contribution in [1.82, 2.24) is 10.8 Å². The molecule has 0 spiro atoms. The van der Waals surface area contributed by atoms with E-state index in [2.05, 4.69) is 15.0 Å². The molecule has 182 valence electrons. The second-order valence-corrected chi connectivity index (χ2v) is 9.52. The topological polar surface area (TPSA) is 187 Å². The summed E-state index contributed by atoms with van der Waals surface area (Å²) in [5, 5.41) is 9.93. The molecule has 12 heteroatoms. The molecule has 34 heavy (non-hydrogen) atoms. The largest absolute Gasteiger partial charge is 0.384 e. The zero-order chi connectivity index (χ0) is 24.9. The third-order valence-electron chi connectivity index (χ3n) is 5.20. The molecule has 11 nitrogen and oxygen atoms in total. The van der Waals surface area contributed by atoms with Gasteiger partial charge in [0.25, 0.3) is 0 Å². The number of amides is 1. The molecular weight excluding hydrogens is 462 g/mol. The number of carbonyl (C=O) groups is 2. The highest BCUT2D eigenvalue weighted by Gasteiger charge is 2.29. The minimum absolute atomic E-state index is 0.0123. The summed E-state index contributed by atoms with van der Waals surface area (Å²) in [6, 6.07) is 11.5. The Balaban J connectivity index is 1.44. The summed E-state index contributed by atoms with van der Waals surface area (Å²) in [5.41, 5.74) is 16.3. The highest BCUT2D eigenvalue weighted by atomic mass is 32.2. The fraction of sp³-hybridized carbons (Fsp3) is 0.318. The first-order valence-corrected chi connectivity index (χ1v) is 11.9. The van der Waals surface area contributed by atoms with Crippen molar-refractivity contribution < 1.29 is 27.0 Å². The third-order valence-corrected chi connectivity index (χ3v) is 6.42. The van der Waals surface area contributed by atoms with Crippen LogP contribution in [0.1, 0.15) is 35.6 Å². The van der Waals surface area contributed by atoms with Crippen LogP contribution in [0.5, 0.6) is 0 Å². The Morgan fingerprint density at radius 2 is 1.97 bits per heavy atom. The summed E-state index contributed by atoms with van der Waals surface area (Å²) in [5.74, 6) is -1.61. The van der Waals surface area contributed by atoms with Gasteiger partial charge in [-0.1, -0.05) is 36.4 Å². The van der Waals surface area contributed by atoms with E-state index in [1.165, 1.54) is 18.2 Å². The molecule has 1 amide bonds. The minimum Gasteiger partial charge on any atom is -0.384 e. The van der Waals surface area contributed by atoms with Crippen LogP contribution < -0.4 is 22.3 Å². The Morgan fingerprint density at radius 3 is 2.62 bits per heavy atom. The number of aryl methyl sites for hydroxylation is 1. The molecule has 0 saturated carbocycles. The SMILES string of the molecule is Cc1cccc(S(=O)(=O)OC(=O)C(N)CNC(=O)C[C@H]2C[C@@H](c3ccc(C(=N)N)cc3)NO2)c1. The number of benzene rings is 2. The first-order chi connectivity index (χ1) is 16.0. The molecule has 1 fully saturated rings. The van der Waals surface area contributed by atoms with E-state index in [0.29, 0.717) is 17.5 Å². The number of carbonyl (C=O) groups excluding carboxylic acids is 2. The average molecular weight is 490 g/mol. The molecule has 0 radical (unpaired) electrons. The van der Waals surface area contributed by atoms with Crippen LogP contribution >= 0.6 is 0 Å². The van der Waals surface area contributed by atoms with Crippen LogP contribution in [-0.4, -0.2) is 44.8 Å². The molecule has 1 heterocycles. The molecule has 2 aromatic rings. The van der Waals surface area contributed by atoms with Crippen molar-refractivity contribution >= 4 is 27.8 Å². The van der Waals surface area contributed by atoms with Crippen molar-refractivity contribution in [2.24, 2.45) is 11.5 Å². The summed E-state index contributed by atoms with van der Waals surface area (Å²) in [4.78, 5) is 29.7. The van der Waals surface area contributed by atoms with Gasteiger partial charge in [-0.2, -0.15) is 13.9 Å². The lowest BCUT2D eigenvalue weighted by Gasteiger charge is -2.13. The molecule has 1 aliphatic rings. The lowest BCUT2D eigenvalue weighted by molar-refractivity contribution is -0.135. The number of hydrogen-bond donors (Lipinski definition) is 5. The lowest BCUT2D eigenvalue weighted by atomic mass is 9.99. The van der Waals surface area contributed by atoms with Gasteiger partial charge >= 0.3 is 16.1 Å².